The summed E-state index contributed by atoms with van der Waals surface area (Å²) < 4.78 is 5.48. The zero-order chi connectivity index (χ0) is 10.6. The number of ether oxygens (including phenoxy) is 1. The lowest BCUT2D eigenvalue weighted by atomic mass is 9.91. The normalized spacial score (nSPS) is 21.2. The highest BCUT2D eigenvalue weighted by molar-refractivity contribution is 4.93. The lowest BCUT2D eigenvalue weighted by Gasteiger charge is -2.46. The van der Waals surface area contributed by atoms with E-state index in [-0.39, 0.29) is 0 Å². The third-order valence-electron chi connectivity index (χ3n) is 2.70. The van der Waals surface area contributed by atoms with Crippen LogP contribution in [0.25, 0.3) is 0 Å². The van der Waals surface area contributed by atoms with Gasteiger partial charge >= 0.3 is 0 Å². The summed E-state index contributed by atoms with van der Waals surface area (Å²) in [6, 6.07) is 0. The smallest absolute Gasteiger partial charge is 0.0897 e. The predicted molar refractivity (Wildman–Crippen MR) is 57.3 cm³/mol. The topological polar surface area (TPSA) is 32.7 Å². The summed E-state index contributed by atoms with van der Waals surface area (Å²) >= 11 is 0. The van der Waals surface area contributed by atoms with Gasteiger partial charge in [0, 0.05) is 26.2 Å². The molecule has 0 aliphatic carbocycles. The highest BCUT2D eigenvalue weighted by Gasteiger charge is 2.38. The van der Waals surface area contributed by atoms with Crippen molar-refractivity contribution in [1.82, 2.24) is 4.90 Å². The lowest BCUT2D eigenvalue weighted by Crippen LogP contribution is -2.61. The third kappa shape index (κ3) is 3.56. The van der Waals surface area contributed by atoms with E-state index in [0.717, 1.165) is 39.3 Å². The molecule has 0 aromatic rings. The minimum atomic E-state index is -0.405. The van der Waals surface area contributed by atoms with Crippen LogP contribution < -0.4 is 0 Å². The molecule has 14 heavy (non-hydrogen) atoms. The summed E-state index contributed by atoms with van der Waals surface area (Å²) in [7, 11) is 0. The molecule has 0 spiro atoms. The van der Waals surface area contributed by atoms with Gasteiger partial charge in [0.1, 0.15) is 0 Å². The second kappa shape index (κ2) is 5.10. The fraction of sp³-hybridized carbons (Fsp3) is 1.00. The fourth-order valence-electron chi connectivity index (χ4n) is 1.68. The summed E-state index contributed by atoms with van der Waals surface area (Å²) in [6.07, 6.45) is 0.857. The van der Waals surface area contributed by atoms with E-state index >= 15 is 0 Å². The quantitative estimate of drug-likeness (QED) is 0.654. The largest absolute Gasteiger partial charge is 0.387 e. The molecule has 0 amide bonds. The van der Waals surface area contributed by atoms with E-state index in [9.17, 15) is 5.11 Å². The van der Waals surface area contributed by atoms with Crippen LogP contribution in [0.15, 0.2) is 0 Å². The van der Waals surface area contributed by atoms with Crippen LogP contribution in [0.5, 0.6) is 0 Å². The number of aliphatic hydroxyl groups is 1. The number of likely N-dealkylation sites (tertiary alicyclic amines) is 1. The van der Waals surface area contributed by atoms with E-state index in [1.807, 2.05) is 6.92 Å². The Kier molecular flexibility index (Phi) is 4.35. The molecule has 0 aromatic heterocycles. The molecule has 0 saturated carbocycles. The van der Waals surface area contributed by atoms with Crippen molar-refractivity contribution in [2.24, 2.45) is 5.92 Å². The fourth-order valence-corrected chi connectivity index (χ4v) is 1.68. The number of β-amino-alcohol motifs (C(OH)–C–C–N with tert-alkyl or cyclic N) is 1. The molecular weight excluding hydrogens is 178 g/mol. The average molecular weight is 201 g/mol. The number of rotatable bonds is 6. The van der Waals surface area contributed by atoms with Gasteiger partial charge < -0.3 is 9.84 Å². The zero-order valence-corrected chi connectivity index (χ0v) is 9.62. The van der Waals surface area contributed by atoms with Crippen molar-refractivity contribution < 1.29 is 9.84 Å². The molecule has 0 aromatic carbocycles. The molecule has 3 nitrogen and oxygen atoms in total. The minimum absolute atomic E-state index is 0.405. The molecule has 84 valence electrons. The van der Waals surface area contributed by atoms with Crippen LogP contribution in [0, 0.1) is 5.92 Å². The molecule has 3 heteroatoms. The van der Waals surface area contributed by atoms with Gasteiger partial charge in [-0.05, 0) is 12.3 Å². The van der Waals surface area contributed by atoms with Gasteiger partial charge in [0.05, 0.1) is 12.2 Å². The van der Waals surface area contributed by atoms with E-state index in [2.05, 4.69) is 18.7 Å². The minimum Gasteiger partial charge on any atom is -0.387 e. The Morgan fingerprint density at radius 2 is 2.07 bits per heavy atom. The Morgan fingerprint density at radius 1 is 1.43 bits per heavy atom. The maximum absolute atomic E-state index is 9.75. The zero-order valence-electron chi connectivity index (χ0n) is 9.62. The standard InChI is InChI=1S/C11H23NO2/c1-4-11(13)8-12(9-11)5-6-14-7-10(2)3/h10,13H,4-9H2,1-3H3. The SMILES string of the molecule is CCC1(O)CN(CCOCC(C)C)C1. The van der Waals surface area contributed by atoms with Gasteiger partial charge in [-0.2, -0.15) is 0 Å². The molecule has 1 heterocycles. The first-order valence-electron chi connectivity index (χ1n) is 5.58. The predicted octanol–water partition coefficient (Wildman–Crippen LogP) is 1.12. The molecule has 1 N–H and O–H groups in total. The number of nitrogens with zero attached hydrogens (tertiary/aromatic N) is 1. The van der Waals surface area contributed by atoms with Crippen LogP contribution in [0.3, 0.4) is 0 Å². The Labute approximate surface area is 87.1 Å². The Bertz CT molecular complexity index is 165. The van der Waals surface area contributed by atoms with Crippen LogP contribution >= 0.6 is 0 Å². The first-order valence-corrected chi connectivity index (χ1v) is 5.58. The van der Waals surface area contributed by atoms with Gasteiger partial charge in [-0.25, -0.2) is 0 Å². The maximum Gasteiger partial charge on any atom is 0.0897 e. The van der Waals surface area contributed by atoms with Crippen molar-refractivity contribution in [2.75, 3.05) is 32.8 Å². The summed E-state index contributed by atoms with van der Waals surface area (Å²) in [6.45, 7) is 10.5. The summed E-state index contributed by atoms with van der Waals surface area (Å²) in [5.74, 6) is 0.610. The Hall–Kier alpha value is -0.120. The molecule has 1 rings (SSSR count). The van der Waals surface area contributed by atoms with Crippen LogP contribution in [0.1, 0.15) is 27.2 Å². The maximum atomic E-state index is 9.75. The summed E-state index contributed by atoms with van der Waals surface area (Å²) in [5, 5.41) is 9.75. The highest BCUT2D eigenvalue weighted by atomic mass is 16.5. The van der Waals surface area contributed by atoms with Gasteiger partial charge in [0.25, 0.3) is 0 Å². The molecule has 1 aliphatic heterocycles. The van der Waals surface area contributed by atoms with Crippen molar-refractivity contribution in [3.05, 3.63) is 0 Å². The van der Waals surface area contributed by atoms with Gasteiger partial charge in [-0.1, -0.05) is 20.8 Å². The lowest BCUT2D eigenvalue weighted by molar-refractivity contribution is -0.106. The monoisotopic (exact) mass is 201 g/mol. The van der Waals surface area contributed by atoms with Crippen molar-refractivity contribution in [3.63, 3.8) is 0 Å². The van der Waals surface area contributed by atoms with Crippen molar-refractivity contribution in [2.45, 2.75) is 32.8 Å². The van der Waals surface area contributed by atoms with Crippen molar-refractivity contribution in [1.29, 1.82) is 0 Å². The van der Waals surface area contributed by atoms with E-state index in [1.165, 1.54) is 0 Å². The second-order valence-corrected chi connectivity index (χ2v) is 4.76. The molecule has 0 radical (unpaired) electrons. The average Bonchev–Trinajstić information content (AvgIpc) is 2.08. The summed E-state index contributed by atoms with van der Waals surface area (Å²) in [4.78, 5) is 2.24. The van der Waals surface area contributed by atoms with E-state index < -0.39 is 5.60 Å². The van der Waals surface area contributed by atoms with Crippen LogP contribution in [0.4, 0.5) is 0 Å². The molecule has 0 bridgehead atoms. The molecule has 0 unspecified atom stereocenters. The first-order chi connectivity index (χ1) is 6.56. The molecule has 1 saturated heterocycles. The van der Waals surface area contributed by atoms with Crippen molar-refractivity contribution >= 4 is 0 Å². The number of hydrogen-bond acceptors (Lipinski definition) is 3. The van der Waals surface area contributed by atoms with Gasteiger partial charge in [-0.15, -0.1) is 0 Å². The molecule has 1 fully saturated rings. The highest BCUT2D eigenvalue weighted by Crippen LogP contribution is 2.23. The molecule has 1 aliphatic rings. The Morgan fingerprint density at radius 3 is 2.57 bits per heavy atom. The molecular formula is C11H23NO2. The van der Waals surface area contributed by atoms with E-state index in [1.54, 1.807) is 0 Å². The number of hydrogen-bond donors (Lipinski definition) is 1. The molecule has 0 atom stereocenters. The third-order valence-corrected chi connectivity index (χ3v) is 2.70. The van der Waals surface area contributed by atoms with E-state index in [0.29, 0.717) is 5.92 Å². The van der Waals surface area contributed by atoms with Gasteiger partial charge in [0.15, 0.2) is 0 Å². The second-order valence-electron chi connectivity index (χ2n) is 4.76. The van der Waals surface area contributed by atoms with Crippen LogP contribution in [-0.2, 0) is 4.74 Å². The van der Waals surface area contributed by atoms with Crippen LogP contribution in [0.2, 0.25) is 0 Å². The van der Waals surface area contributed by atoms with Gasteiger partial charge in [0.2, 0.25) is 0 Å². The van der Waals surface area contributed by atoms with Gasteiger partial charge in [-0.3, -0.25) is 4.90 Å². The summed E-state index contributed by atoms with van der Waals surface area (Å²) in [5.41, 5.74) is -0.405. The van der Waals surface area contributed by atoms with Crippen LogP contribution in [-0.4, -0.2) is 48.5 Å². The Balaban J connectivity index is 1.96. The van der Waals surface area contributed by atoms with E-state index in [4.69, 9.17) is 4.74 Å². The van der Waals surface area contributed by atoms with Crippen molar-refractivity contribution in [3.8, 4) is 0 Å². The first kappa shape index (κ1) is 12.0.